The van der Waals surface area contributed by atoms with E-state index in [1.807, 2.05) is 0 Å². The van der Waals surface area contributed by atoms with Crippen molar-refractivity contribution in [2.45, 2.75) is 217 Å². The first-order valence-corrected chi connectivity index (χ1v) is 40.4. The lowest BCUT2D eigenvalue weighted by Gasteiger charge is -2.30. The van der Waals surface area contributed by atoms with Crippen LogP contribution in [0.15, 0.2) is 103 Å². The largest absolute Gasteiger partial charge is 0.508 e. The van der Waals surface area contributed by atoms with Gasteiger partial charge in [0.25, 0.3) is 5.91 Å². The highest BCUT2D eigenvalue weighted by molar-refractivity contribution is 6.02. The number of carbonyl (C=O) groups excluding carboxylic acids is 15. The van der Waals surface area contributed by atoms with Crippen molar-refractivity contribution in [2.75, 3.05) is 19.6 Å². The zero-order valence-electron chi connectivity index (χ0n) is 70.2. The van der Waals surface area contributed by atoms with Gasteiger partial charge in [0.05, 0.1) is 12.5 Å². The summed E-state index contributed by atoms with van der Waals surface area (Å²) in [5.74, 6) is -17.7. The summed E-state index contributed by atoms with van der Waals surface area (Å²) >= 11 is 0. The summed E-state index contributed by atoms with van der Waals surface area (Å²) in [6.45, 7) is 9.33. The summed E-state index contributed by atoms with van der Waals surface area (Å²) in [6.07, 6.45) is -4.72. The first kappa shape index (κ1) is 103. The van der Waals surface area contributed by atoms with Gasteiger partial charge in [0, 0.05) is 57.4 Å². The minimum absolute atomic E-state index is 0.00444. The minimum Gasteiger partial charge on any atom is -0.508 e. The highest BCUT2D eigenvalue weighted by Gasteiger charge is 2.39. The van der Waals surface area contributed by atoms with Gasteiger partial charge >= 0.3 is 0 Å². The number of hydrogen-bond acceptors (Lipinski definition) is 22. The van der Waals surface area contributed by atoms with Crippen LogP contribution >= 0.6 is 0 Å². The van der Waals surface area contributed by atoms with E-state index in [9.17, 15) is 87.2 Å². The van der Waals surface area contributed by atoms with E-state index in [1.54, 1.807) is 70.2 Å². The van der Waals surface area contributed by atoms with Crippen LogP contribution in [0.4, 0.5) is 0 Å². The van der Waals surface area contributed by atoms with Crippen molar-refractivity contribution in [1.29, 1.82) is 16.2 Å². The molecule has 0 saturated heterocycles. The summed E-state index contributed by atoms with van der Waals surface area (Å²) in [5, 5.41) is 92.3. The molecule has 14 atom stereocenters. The van der Waals surface area contributed by atoms with Crippen molar-refractivity contribution in [3.63, 3.8) is 0 Å². The van der Waals surface area contributed by atoms with Gasteiger partial charge in [0.15, 0.2) is 17.9 Å². The predicted molar refractivity (Wildman–Crippen MR) is 456 cm³/mol. The summed E-state index contributed by atoms with van der Waals surface area (Å²) in [4.78, 5) is 211. The van der Waals surface area contributed by atoms with Crippen LogP contribution in [0.3, 0.4) is 0 Å². The monoisotopic (exact) mass is 1730 g/mol. The minimum atomic E-state index is -1.97. The molecule has 4 aromatic rings. The molecule has 15 amide bonds. The second kappa shape index (κ2) is 52.4. The molecule has 0 aliphatic rings. The molecule has 0 aliphatic heterocycles. The van der Waals surface area contributed by atoms with E-state index < -0.39 is 210 Å². The number of hydrogen-bond donors (Lipinski definition) is 28. The van der Waals surface area contributed by atoms with Crippen LogP contribution in [0.1, 0.15) is 145 Å². The van der Waals surface area contributed by atoms with E-state index >= 15 is 0 Å². The molecule has 678 valence electrons. The highest BCUT2D eigenvalue weighted by atomic mass is 16.3. The molecule has 0 aliphatic carbocycles. The number of rotatable bonds is 54. The molecule has 35 N–H and O–H groups in total. The fourth-order valence-electron chi connectivity index (χ4n) is 12.5. The number of carbonyl (C=O) groups is 15. The lowest BCUT2D eigenvalue weighted by Crippen LogP contribution is -2.62. The van der Waals surface area contributed by atoms with Crippen LogP contribution in [0.25, 0.3) is 0 Å². The van der Waals surface area contributed by atoms with Gasteiger partial charge in [-0.1, -0.05) is 101 Å². The number of benzene rings is 4. The van der Waals surface area contributed by atoms with Crippen LogP contribution in [0.2, 0.25) is 0 Å². The lowest BCUT2D eigenvalue weighted by molar-refractivity contribution is -0.137. The van der Waals surface area contributed by atoms with Gasteiger partial charge in [0.1, 0.15) is 84.0 Å². The van der Waals surface area contributed by atoms with E-state index in [2.05, 4.69) is 79.8 Å². The smallest absolute Gasteiger partial charge is 0.251 e. The van der Waals surface area contributed by atoms with Gasteiger partial charge < -0.3 is 135 Å². The summed E-state index contributed by atoms with van der Waals surface area (Å²) in [7, 11) is 0. The quantitative estimate of drug-likeness (QED) is 0.0111. The molecule has 0 aromatic heterocycles. The average molecular weight is 1730 g/mol. The highest BCUT2D eigenvalue weighted by Crippen LogP contribution is 2.18. The molecule has 43 nitrogen and oxygen atoms in total. The van der Waals surface area contributed by atoms with Crippen LogP contribution < -0.4 is 120 Å². The Bertz CT molecular complexity index is 4310. The maximum Gasteiger partial charge on any atom is 0.251 e. The van der Waals surface area contributed by atoms with Crippen molar-refractivity contribution in [3.8, 4) is 11.5 Å². The SMILES string of the molecule is CC[C@H](C)[C@H](NC(=O)[C@H](Cc1ccc(O)cc1)NC(=O)[C@H](C)NC(=O)[C@H](CCCNC(=N)N)NC(=O)c1ccc(CN)cc1)C(=O)N[C@@H](CC(N)=O)C(=O)N[C@@H](CC(C)C)C(=O)N[C@@H](Cc1ccccc1)C(=O)N[C@H](C(=O)N[C@@H](CCCNC(=N)N)C(=O)N[C@@H](CCC(N)=O)C(=O)N[C@@H](CCCNC(=N)N)C(=O)N[C@@H](Cc1ccc(O)cc1)C(N)=O)[C@@H](C)O. The molecule has 4 aromatic carbocycles. The molecule has 4 rings (SSSR count). The Morgan fingerprint density at radius 1 is 0.371 bits per heavy atom. The van der Waals surface area contributed by atoms with Crippen molar-refractivity contribution < 1.29 is 87.2 Å². The number of guanidine groups is 3. The van der Waals surface area contributed by atoms with Gasteiger partial charge in [-0.15, -0.1) is 0 Å². The Hall–Kier alpha value is -13.7. The molecule has 124 heavy (non-hydrogen) atoms. The van der Waals surface area contributed by atoms with Crippen molar-refractivity contribution >= 4 is 106 Å². The van der Waals surface area contributed by atoms with E-state index in [0.717, 1.165) is 12.5 Å². The fraction of sp³-hybridized carbons (Fsp3) is 0.481. The third-order valence-corrected chi connectivity index (χ3v) is 19.6. The molecule has 43 heteroatoms. The number of nitrogens with two attached hydrogens (primary N) is 7. The molecule has 0 bridgehead atoms. The first-order valence-electron chi connectivity index (χ1n) is 40.4. The van der Waals surface area contributed by atoms with Crippen molar-refractivity contribution in [3.05, 3.63) is 131 Å². The third-order valence-electron chi connectivity index (χ3n) is 19.6. The van der Waals surface area contributed by atoms with E-state index in [0.29, 0.717) is 16.7 Å². The Morgan fingerprint density at radius 2 is 0.726 bits per heavy atom. The number of aromatic hydroxyl groups is 2. The molecule has 0 spiro atoms. The Labute approximate surface area is 717 Å². The number of aliphatic hydroxyl groups is 1. The number of primary amides is 3. The van der Waals surface area contributed by atoms with Gasteiger partial charge in [-0.3, -0.25) is 88.1 Å². The van der Waals surface area contributed by atoms with Gasteiger partial charge in [-0.25, -0.2) is 0 Å². The van der Waals surface area contributed by atoms with Gasteiger partial charge in [-0.05, 0) is 136 Å². The molecule has 0 saturated carbocycles. The number of phenolic OH excluding ortho intramolecular Hbond substituents is 2. The topological polar surface area (TPSA) is 751 Å². The Kier molecular flexibility index (Phi) is 43.4. The number of aliphatic hydroxyl groups excluding tert-OH is 1. The van der Waals surface area contributed by atoms with E-state index in [1.165, 1.54) is 67.6 Å². The van der Waals surface area contributed by atoms with Crippen molar-refractivity contribution in [2.24, 2.45) is 52.0 Å². The number of nitrogens with one attached hydrogen (secondary N) is 18. The zero-order chi connectivity index (χ0) is 92.4. The van der Waals surface area contributed by atoms with Crippen LogP contribution in [0.5, 0.6) is 11.5 Å². The predicted octanol–water partition coefficient (Wildman–Crippen LogP) is -5.38. The standard InChI is InChI=1S/C81H121N25O18/c1-7-43(4)64(105-75(121)59(39-48-23-29-52(109)30-24-48)101-67(113)44(5)95-69(115)53(16-11-33-92-79(86)87)96-68(114)50-25-19-49(41-82)20-26-50)77(123)104-61(40-63(84)111)74(120)102-58(36-42(2)3)73(119)103-60(38-46-14-9-8-10-15-46)76(122)106-65(45(6)107)78(124)99-55(18-13-35-94-81(90)91)70(116)98-56(31-32-62(83)110)72(118)97-54(17-12-34-93-80(88)89)71(117)100-57(66(85)112)37-47-21-27-51(108)28-22-47/h8-10,14-15,19-30,42-45,53-61,64-65,107-109H,7,11-13,16-18,31-41,82H2,1-6H3,(H2,83,110)(H2,84,111)(H2,85,112)(H,95,115)(H,96,114)(H,97,118)(H,98,116)(H,99,124)(H,100,117)(H,101,113)(H,102,120)(H,103,119)(H,104,123)(H,105,121)(H,106,122)(H4,86,87,92)(H4,88,89,93)(H4,90,91,94)/t43-,44-,45+,53-,54-,55-,56-,57-,58-,59-,60-,61-,64-,65-/m0/s1. The third kappa shape index (κ3) is 37.5. The second-order valence-corrected chi connectivity index (χ2v) is 30.3. The maximum atomic E-state index is 14.9. The van der Waals surface area contributed by atoms with Crippen molar-refractivity contribution in [1.82, 2.24) is 79.8 Å². The van der Waals surface area contributed by atoms with Gasteiger partial charge in [0.2, 0.25) is 82.7 Å². The summed E-state index contributed by atoms with van der Waals surface area (Å²) in [6, 6.07) is 6.51. The van der Waals surface area contributed by atoms with E-state index in [-0.39, 0.29) is 120 Å². The summed E-state index contributed by atoms with van der Waals surface area (Å²) in [5.41, 5.74) is 41.3. The number of amides is 15. The molecule has 0 fully saturated rings. The molecular weight excluding hydrogens is 1610 g/mol. The van der Waals surface area contributed by atoms with Crippen LogP contribution in [0, 0.1) is 28.1 Å². The average Bonchev–Trinajstić information content (AvgIpc) is 0.843. The summed E-state index contributed by atoms with van der Waals surface area (Å²) < 4.78 is 0. The Balaban J connectivity index is 1.64. The number of phenols is 2. The molecule has 0 heterocycles. The fourth-order valence-corrected chi connectivity index (χ4v) is 12.5. The molecule has 0 radical (unpaired) electrons. The molecule has 0 unspecified atom stereocenters. The molecular formula is C81H121N25O18. The maximum absolute atomic E-state index is 14.9. The Morgan fingerprint density at radius 3 is 1.15 bits per heavy atom. The second-order valence-electron chi connectivity index (χ2n) is 30.3. The van der Waals surface area contributed by atoms with Crippen LogP contribution in [-0.4, -0.2) is 220 Å². The van der Waals surface area contributed by atoms with Gasteiger partial charge in [-0.2, -0.15) is 0 Å². The lowest BCUT2D eigenvalue weighted by atomic mass is 9.96. The first-order chi connectivity index (χ1) is 58.6. The zero-order valence-corrected chi connectivity index (χ0v) is 70.2. The van der Waals surface area contributed by atoms with Crippen LogP contribution in [-0.2, 0) is 92.9 Å². The normalized spacial score (nSPS) is 14.4. The van der Waals surface area contributed by atoms with E-state index in [4.69, 9.17) is 56.4 Å².